The molecule has 1 saturated heterocycles. The molecule has 0 spiro atoms. The minimum absolute atomic E-state index is 0. The maximum atomic E-state index is 13.7. The van der Waals surface area contributed by atoms with Crippen LogP contribution in [0.5, 0.6) is 0 Å². The third kappa shape index (κ3) is 5.05. The lowest BCUT2D eigenvalue weighted by atomic mass is 9.96. The largest absolute Gasteiger partial charge is 0.339 e. The van der Waals surface area contributed by atoms with E-state index < -0.39 is 0 Å². The molecule has 1 aromatic carbocycles. The quantitative estimate of drug-likeness (QED) is 0.838. The summed E-state index contributed by atoms with van der Waals surface area (Å²) < 4.78 is 18.9. The van der Waals surface area contributed by atoms with Gasteiger partial charge < -0.3 is 15.2 Å². The van der Waals surface area contributed by atoms with E-state index in [4.69, 9.17) is 10.3 Å². The van der Waals surface area contributed by atoms with Crippen LogP contribution in [0.25, 0.3) is 11.4 Å². The Morgan fingerprint density at radius 1 is 1.44 bits per heavy atom. The summed E-state index contributed by atoms with van der Waals surface area (Å²) >= 11 is 0. The highest BCUT2D eigenvalue weighted by Gasteiger charge is 2.29. The minimum atomic E-state index is -0.309. The summed E-state index contributed by atoms with van der Waals surface area (Å²) in [4.78, 5) is 18.7. The van der Waals surface area contributed by atoms with E-state index in [9.17, 15) is 9.18 Å². The van der Waals surface area contributed by atoms with Crippen molar-refractivity contribution in [3.63, 3.8) is 0 Å². The lowest BCUT2D eigenvalue weighted by molar-refractivity contribution is -0.135. The maximum Gasteiger partial charge on any atom is 0.227 e. The minimum Gasteiger partial charge on any atom is -0.339 e. The number of rotatable bonds is 5. The van der Waals surface area contributed by atoms with Gasteiger partial charge >= 0.3 is 0 Å². The predicted octanol–water partition coefficient (Wildman–Crippen LogP) is 3.27. The summed E-state index contributed by atoms with van der Waals surface area (Å²) in [6.07, 6.45) is 3.73. The van der Waals surface area contributed by atoms with Gasteiger partial charge in [0, 0.05) is 37.0 Å². The Bertz CT molecular complexity index is 781. The molecule has 1 aliphatic rings. The van der Waals surface area contributed by atoms with E-state index in [2.05, 4.69) is 10.1 Å². The highest BCUT2D eigenvalue weighted by Crippen LogP contribution is 2.22. The average Bonchev–Trinajstić information content (AvgIpc) is 3.11. The molecule has 148 valence electrons. The van der Waals surface area contributed by atoms with Crippen LogP contribution in [0.4, 0.5) is 4.39 Å². The van der Waals surface area contributed by atoms with Crippen molar-refractivity contribution >= 4 is 18.3 Å². The molecule has 1 fully saturated rings. The lowest BCUT2D eigenvalue weighted by Crippen LogP contribution is -2.51. The van der Waals surface area contributed by atoms with Gasteiger partial charge in [-0.15, -0.1) is 12.4 Å². The van der Waals surface area contributed by atoms with Crippen molar-refractivity contribution in [2.45, 2.75) is 58.0 Å². The Morgan fingerprint density at radius 3 is 2.93 bits per heavy atom. The Kier molecular flexibility index (Phi) is 7.33. The zero-order valence-electron chi connectivity index (χ0n) is 15.7. The molecule has 1 aliphatic heterocycles. The van der Waals surface area contributed by atoms with Gasteiger partial charge in [0.1, 0.15) is 5.82 Å². The SMILES string of the molecule is Cc1ccc(-c2noc(CCC(=O)N3CCCCC3C(C)N)n2)cc1F.Cl. The highest BCUT2D eigenvalue weighted by molar-refractivity contribution is 5.85. The van der Waals surface area contributed by atoms with Crippen LogP contribution in [0.3, 0.4) is 0 Å². The molecule has 0 radical (unpaired) electrons. The summed E-state index contributed by atoms with van der Waals surface area (Å²) in [6.45, 7) is 4.40. The monoisotopic (exact) mass is 396 g/mol. The van der Waals surface area contributed by atoms with E-state index in [-0.39, 0.29) is 36.2 Å². The number of halogens is 2. The van der Waals surface area contributed by atoms with Crippen molar-refractivity contribution in [2.75, 3.05) is 6.54 Å². The van der Waals surface area contributed by atoms with Crippen molar-refractivity contribution in [2.24, 2.45) is 5.73 Å². The van der Waals surface area contributed by atoms with Crippen molar-refractivity contribution in [3.8, 4) is 11.4 Å². The number of likely N-dealkylation sites (tertiary alicyclic amines) is 1. The van der Waals surface area contributed by atoms with Crippen molar-refractivity contribution < 1.29 is 13.7 Å². The summed E-state index contributed by atoms with van der Waals surface area (Å²) in [7, 11) is 0. The third-order valence-corrected chi connectivity index (χ3v) is 4.93. The molecule has 2 heterocycles. The predicted molar refractivity (Wildman–Crippen MR) is 103 cm³/mol. The van der Waals surface area contributed by atoms with Gasteiger partial charge in [-0.3, -0.25) is 4.79 Å². The summed E-state index contributed by atoms with van der Waals surface area (Å²) in [5.74, 6) is 0.464. The number of amides is 1. The van der Waals surface area contributed by atoms with Gasteiger partial charge in [0.15, 0.2) is 0 Å². The van der Waals surface area contributed by atoms with E-state index in [1.807, 2.05) is 11.8 Å². The molecule has 2 unspecified atom stereocenters. The molecule has 6 nitrogen and oxygen atoms in total. The molecule has 8 heteroatoms. The number of aromatic nitrogens is 2. The summed E-state index contributed by atoms with van der Waals surface area (Å²) in [5, 5.41) is 3.89. The fourth-order valence-corrected chi connectivity index (χ4v) is 3.38. The Labute approximate surface area is 164 Å². The molecule has 1 aromatic heterocycles. The van der Waals surface area contributed by atoms with Gasteiger partial charge in [0.05, 0.1) is 0 Å². The van der Waals surface area contributed by atoms with Crippen molar-refractivity contribution in [3.05, 3.63) is 35.5 Å². The fraction of sp³-hybridized carbons (Fsp3) is 0.526. The molecular formula is C19H26ClFN4O2. The summed E-state index contributed by atoms with van der Waals surface area (Å²) in [5.41, 5.74) is 7.15. The van der Waals surface area contributed by atoms with Crippen molar-refractivity contribution in [1.82, 2.24) is 15.0 Å². The molecule has 2 N–H and O–H groups in total. The molecular weight excluding hydrogens is 371 g/mol. The first kappa shape index (κ1) is 21.3. The number of nitrogens with two attached hydrogens (primary N) is 1. The van der Waals surface area contributed by atoms with E-state index in [0.29, 0.717) is 35.7 Å². The molecule has 2 aromatic rings. The van der Waals surface area contributed by atoms with Gasteiger partial charge in [-0.1, -0.05) is 17.3 Å². The number of benzene rings is 1. The first-order chi connectivity index (χ1) is 12.5. The van der Waals surface area contributed by atoms with Crippen LogP contribution in [0, 0.1) is 12.7 Å². The molecule has 1 amide bonds. The molecule has 0 saturated carbocycles. The fourth-order valence-electron chi connectivity index (χ4n) is 3.38. The van der Waals surface area contributed by atoms with Gasteiger partial charge in [0.2, 0.25) is 17.6 Å². The van der Waals surface area contributed by atoms with E-state index in [0.717, 1.165) is 25.8 Å². The second kappa shape index (κ2) is 9.28. The number of carbonyl (C=O) groups is 1. The van der Waals surface area contributed by atoms with Crippen LogP contribution in [-0.2, 0) is 11.2 Å². The zero-order chi connectivity index (χ0) is 18.7. The third-order valence-electron chi connectivity index (χ3n) is 4.93. The molecule has 0 aliphatic carbocycles. The highest BCUT2D eigenvalue weighted by atomic mass is 35.5. The van der Waals surface area contributed by atoms with E-state index >= 15 is 0 Å². The van der Waals surface area contributed by atoms with Crippen molar-refractivity contribution in [1.29, 1.82) is 0 Å². The van der Waals surface area contributed by atoms with E-state index in [1.165, 1.54) is 6.07 Å². The first-order valence-corrected chi connectivity index (χ1v) is 9.10. The van der Waals surface area contributed by atoms with Crippen LogP contribution in [-0.4, -0.2) is 39.6 Å². The van der Waals surface area contributed by atoms with E-state index in [1.54, 1.807) is 19.1 Å². The van der Waals surface area contributed by atoms with Crippen LogP contribution >= 0.6 is 12.4 Å². The Balaban J connectivity index is 0.00000261. The molecule has 27 heavy (non-hydrogen) atoms. The van der Waals surface area contributed by atoms with Gasteiger partial charge in [-0.05, 0) is 44.7 Å². The molecule has 2 atom stereocenters. The van der Waals surface area contributed by atoms with Crippen LogP contribution in [0.1, 0.15) is 44.1 Å². The van der Waals surface area contributed by atoms with Gasteiger partial charge in [0.25, 0.3) is 0 Å². The van der Waals surface area contributed by atoms with Gasteiger partial charge in [-0.25, -0.2) is 4.39 Å². The number of nitrogens with zero attached hydrogens (tertiary/aromatic N) is 3. The first-order valence-electron chi connectivity index (χ1n) is 9.10. The topological polar surface area (TPSA) is 85.2 Å². The number of hydrogen-bond acceptors (Lipinski definition) is 5. The van der Waals surface area contributed by atoms with Gasteiger partial charge in [-0.2, -0.15) is 4.98 Å². The zero-order valence-corrected chi connectivity index (χ0v) is 16.5. The number of hydrogen-bond donors (Lipinski definition) is 1. The van der Waals surface area contributed by atoms with Crippen LogP contribution in [0.2, 0.25) is 0 Å². The second-order valence-corrected chi connectivity index (χ2v) is 6.99. The summed E-state index contributed by atoms with van der Waals surface area (Å²) in [6, 6.07) is 4.87. The lowest BCUT2D eigenvalue weighted by Gasteiger charge is -2.38. The standard InChI is InChI=1S/C19H25FN4O2.ClH/c1-12-6-7-14(11-15(12)20)19-22-17(26-23-19)8-9-18(25)24-10-4-3-5-16(24)13(2)21;/h6-7,11,13,16H,3-5,8-10,21H2,1-2H3;1H. The smallest absolute Gasteiger partial charge is 0.227 e. The molecule has 3 rings (SSSR count). The normalized spacial score (nSPS) is 18.1. The average molecular weight is 397 g/mol. The van der Waals surface area contributed by atoms with Crippen LogP contribution < -0.4 is 5.73 Å². The second-order valence-electron chi connectivity index (χ2n) is 6.99. The Morgan fingerprint density at radius 2 is 2.22 bits per heavy atom. The number of carbonyl (C=O) groups excluding carboxylic acids is 1. The molecule has 0 bridgehead atoms. The number of aryl methyl sites for hydroxylation is 2. The van der Waals surface area contributed by atoms with Crippen LogP contribution in [0.15, 0.2) is 22.7 Å². The number of piperidine rings is 1. The Hall–Kier alpha value is -1.99. The maximum absolute atomic E-state index is 13.7.